The Kier molecular flexibility index (Phi) is 3.78. The molecule has 0 fully saturated rings. The van der Waals surface area contributed by atoms with Crippen molar-refractivity contribution in [1.82, 2.24) is 4.98 Å². The number of carbonyl (C=O) groups is 1. The first-order valence-corrected chi connectivity index (χ1v) is 6.24. The molecule has 0 aliphatic carbocycles. The van der Waals surface area contributed by atoms with Crippen LogP contribution in [0.15, 0.2) is 29.1 Å². The standard InChI is InChI=1S/C12H13N3O2S/c1-17-12(16)8-2-3-10(13)11(4-8)14-5-9-6-18-7-15-9/h2-4,6-7,14H,5,13H2,1H3. The molecule has 1 aromatic heterocycles. The molecule has 0 radical (unpaired) electrons. The monoisotopic (exact) mass is 263 g/mol. The molecule has 0 spiro atoms. The molecule has 2 rings (SSSR count). The molecular formula is C12H13N3O2S. The van der Waals surface area contributed by atoms with E-state index in [2.05, 4.69) is 15.0 Å². The highest BCUT2D eigenvalue weighted by Gasteiger charge is 2.08. The summed E-state index contributed by atoms with van der Waals surface area (Å²) >= 11 is 1.53. The maximum absolute atomic E-state index is 11.4. The number of nitrogens with two attached hydrogens (primary N) is 1. The smallest absolute Gasteiger partial charge is 0.337 e. The van der Waals surface area contributed by atoms with Gasteiger partial charge in [0.15, 0.2) is 0 Å². The number of rotatable bonds is 4. The fourth-order valence-electron chi connectivity index (χ4n) is 1.46. The van der Waals surface area contributed by atoms with Gasteiger partial charge in [0.2, 0.25) is 0 Å². The molecule has 1 aromatic carbocycles. The van der Waals surface area contributed by atoms with Gasteiger partial charge in [-0.3, -0.25) is 0 Å². The Morgan fingerprint density at radius 2 is 2.39 bits per heavy atom. The number of hydrogen-bond donors (Lipinski definition) is 2. The van der Waals surface area contributed by atoms with Crippen LogP contribution in [0.3, 0.4) is 0 Å². The Hall–Kier alpha value is -2.08. The lowest BCUT2D eigenvalue weighted by molar-refractivity contribution is 0.0601. The van der Waals surface area contributed by atoms with E-state index in [1.165, 1.54) is 18.4 Å². The van der Waals surface area contributed by atoms with Gasteiger partial charge < -0.3 is 15.8 Å². The zero-order valence-electron chi connectivity index (χ0n) is 9.84. The summed E-state index contributed by atoms with van der Waals surface area (Å²) in [6.45, 7) is 0.568. The summed E-state index contributed by atoms with van der Waals surface area (Å²) in [5.74, 6) is -0.383. The summed E-state index contributed by atoms with van der Waals surface area (Å²) < 4.78 is 4.66. The molecule has 6 heteroatoms. The normalized spacial score (nSPS) is 10.1. The molecule has 5 nitrogen and oxygen atoms in total. The molecule has 0 bridgehead atoms. The van der Waals surface area contributed by atoms with Gasteiger partial charge in [-0.05, 0) is 18.2 Å². The number of esters is 1. The topological polar surface area (TPSA) is 77.2 Å². The van der Waals surface area contributed by atoms with Crippen LogP contribution in [0.4, 0.5) is 11.4 Å². The van der Waals surface area contributed by atoms with E-state index in [1.807, 2.05) is 5.38 Å². The van der Waals surface area contributed by atoms with Crippen LogP contribution >= 0.6 is 11.3 Å². The summed E-state index contributed by atoms with van der Waals surface area (Å²) in [6, 6.07) is 4.98. The molecule has 3 N–H and O–H groups in total. The molecule has 94 valence electrons. The number of nitrogens with zero attached hydrogens (tertiary/aromatic N) is 1. The number of nitrogen functional groups attached to an aromatic ring is 1. The van der Waals surface area contributed by atoms with Crippen LogP contribution in [-0.2, 0) is 11.3 Å². The van der Waals surface area contributed by atoms with E-state index in [0.29, 0.717) is 23.5 Å². The van der Waals surface area contributed by atoms with Crippen molar-refractivity contribution in [3.05, 3.63) is 40.3 Å². The van der Waals surface area contributed by atoms with Crippen LogP contribution < -0.4 is 11.1 Å². The number of benzene rings is 1. The lowest BCUT2D eigenvalue weighted by atomic mass is 10.1. The maximum Gasteiger partial charge on any atom is 0.337 e. The Morgan fingerprint density at radius 1 is 1.56 bits per heavy atom. The molecule has 0 aliphatic rings. The van der Waals surface area contributed by atoms with Gasteiger partial charge >= 0.3 is 5.97 Å². The van der Waals surface area contributed by atoms with Crippen molar-refractivity contribution in [3.8, 4) is 0 Å². The SMILES string of the molecule is COC(=O)c1ccc(N)c(NCc2cscn2)c1. The van der Waals surface area contributed by atoms with E-state index < -0.39 is 0 Å². The van der Waals surface area contributed by atoms with Crippen molar-refractivity contribution in [2.75, 3.05) is 18.2 Å². The highest BCUT2D eigenvalue weighted by molar-refractivity contribution is 7.07. The molecule has 0 saturated heterocycles. The molecule has 0 unspecified atom stereocenters. The minimum absolute atomic E-state index is 0.383. The highest BCUT2D eigenvalue weighted by atomic mass is 32.1. The molecule has 1 heterocycles. The quantitative estimate of drug-likeness (QED) is 0.652. The van der Waals surface area contributed by atoms with E-state index in [1.54, 1.807) is 23.7 Å². The van der Waals surface area contributed by atoms with Gasteiger partial charge in [-0.25, -0.2) is 9.78 Å². The largest absolute Gasteiger partial charge is 0.465 e. The first-order valence-electron chi connectivity index (χ1n) is 5.29. The number of hydrogen-bond acceptors (Lipinski definition) is 6. The molecule has 0 atom stereocenters. The summed E-state index contributed by atoms with van der Waals surface area (Å²) in [5, 5.41) is 5.10. The fourth-order valence-corrected chi connectivity index (χ4v) is 2.02. The second-order valence-electron chi connectivity index (χ2n) is 3.63. The van der Waals surface area contributed by atoms with Gasteiger partial charge in [-0.15, -0.1) is 11.3 Å². The predicted octanol–water partition coefficient (Wildman–Crippen LogP) is 2.12. The zero-order valence-corrected chi connectivity index (χ0v) is 10.7. The minimum atomic E-state index is -0.383. The first kappa shape index (κ1) is 12.4. The number of nitrogens with one attached hydrogen (secondary N) is 1. The third kappa shape index (κ3) is 2.78. The molecule has 18 heavy (non-hydrogen) atoms. The van der Waals surface area contributed by atoms with Gasteiger partial charge in [-0.2, -0.15) is 0 Å². The Labute approximate surface area is 109 Å². The Bertz CT molecular complexity index is 540. The fraction of sp³-hybridized carbons (Fsp3) is 0.167. The summed E-state index contributed by atoms with van der Waals surface area (Å²) in [4.78, 5) is 15.6. The number of aromatic nitrogens is 1. The lowest BCUT2D eigenvalue weighted by Crippen LogP contribution is -2.06. The molecule has 0 saturated carbocycles. The van der Waals surface area contributed by atoms with Crippen molar-refractivity contribution in [1.29, 1.82) is 0 Å². The lowest BCUT2D eigenvalue weighted by Gasteiger charge is -2.09. The zero-order chi connectivity index (χ0) is 13.0. The molecule has 0 aliphatic heterocycles. The average Bonchev–Trinajstić information content (AvgIpc) is 2.90. The van der Waals surface area contributed by atoms with Crippen LogP contribution in [-0.4, -0.2) is 18.1 Å². The van der Waals surface area contributed by atoms with Gasteiger partial charge in [0, 0.05) is 5.38 Å². The maximum atomic E-state index is 11.4. The predicted molar refractivity (Wildman–Crippen MR) is 71.6 cm³/mol. The Balaban J connectivity index is 2.13. The van der Waals surface area contributed by atoms with Gasteiger partial charge in [0.25, 0.3) is 0 Å². The Morgan fingerprint density at radius 3 is 3.06 bits per heavy atom. The number of ether oxygens (including phenoxy) is 1. The van der Waals surface area contributed by atoms with E-state index in [4.69, 9.17) is 5.73 Å². The van der Waals surface area contributed by atoms with Crippen molar-refractivity contribution in [2.24, 2.45) is 0 Å². The summed E-state index contributed by atoms with van der Waals surface area (Å²) in [7, 11) is 1.35. The minimum Gasteiger partial charge on any atom is -0.465 e. The number of anilines is 2. The van der Waals surface area contributed by atoms with Gasteiger partial charge in [0.1, 0.15) is 0 Å². The van der Waals surface area contributed by atoms with Crippen LogP contribution in [0.1, 0.15) is 16.1 Å². The van der Waals surface area contributed by atoms with E-state index >= 15 is 0 Å². The summed E-state index contributed by atoms with van der Waals surface area (Å²) in [5.41, 5.74) is 10.3. The van der Waals surface area contributed by atoms with Crippen molar-refractivity contribution in [3.63, 3.8) is 0 Å². The van der Waals surface area contributed by atoms with E-state index in [-0.39, 0.29) is 5.97 Å². The number of methoxy groups -OCH3 is 1. The molecular weight excluding hydrogens is 250 g/mol. The highest BCUT2D eigenvalue weighted by Crippen LogP contribution is 2.21. The number of carbonyl (C=O) groups excluding carboxylic acids is 1. The first-order chi connectivity index (χ1) is 8.70. The van der Waals surface area contributed by atoms with Crippen molar-refractivity contribution in [2.45, 2.75) is 6.54 Å². The molecule has 2 aromatic rings. The second-order valence-corrected chi connectivity index (χ2v) is 4.35. The van der Waals surface area contributed by atoms with Crippen LogP contribution in [0.25, 0.3) is 0 Å². The third-order valence-corrected chi connectivity index (χ3v) is 3.05. The number of thiazole rings is 1. The van der Waals surface area contributed by atoms with Crippen molar-refractivity contribution < 1.29 is 9.53 Å². The summed E-state index contributed by atoms with van der Waals surface area (Å²) in [6.07, 6.45) is 0. The van der Waals surface area contributed by atoms with Gasteiger partial charge in [0.05, 0.1) is 41.8 Å². The molecule has 0 amide bonds. The van der Waals surface area contributed by atoms with Crippen LogP contribution in [0, 0.1) is 0 Å². The average molecular weight is 263 g/mol. The van der Waals surface area contributed by atoms with Crippen LogP contribution in [0.5, 0.6) is 0 Å². The van der Waals surface area contributed by atoms with E-state index in [0.717, 1.165) is 5.69 Å². The van der Waals surface area contributed by atoms with Crippen molar-refractivity contribution >= 4 is 28.7 Å². The van der Waals surface area contributed by atoms with E-state index in [9.17, 15) is 4.79 Å². The second kappa shape index (κ2) is 5.50. The third-order valence-electron chi connectivity index (χ3n) is 2.42. The van der Waals surface area contributed by atoms with Gasteiger partial charge in [-0.1, -0.05) is 0 Å². The van der Waals surface area contributed by atoms with Crippen LogP contribution in [0.2, 0.25) is 0 Å².